The Kier molecular flexibility index (Phi) is 2.91. The summed E-state index contributed by atoms with van der Waals surface area (Å²) >= 11 is 0. The summed E-state index contributed by atoms with van der Waals surface area (Å²) in [6.45, 7) is 1.94. The van der Waals surface area contributed by atoms with Crippen LogP contribution in [0.3, 0.4) is 0 Å². The Bertz CT molecular complexity index is 794. The Morgan fingerprint density at radius 2 is 1.95 bits per heavy atom. The average molecular weight is 263 g/mol. The van der Waals surface area contributed by atoms with Crippen molar-refractivity contribution in [2.45, 2.75) is 6.92 Å². The minimum atomic E-state index is -0.434. The number of benzene rings is 1. The smallest absolute Gasteiger partial charge is 0.248 e. The Morgan fingerprint density at radius 1 is 1.10 bits per heavy atom. The molecule has 0 aliphatic heterocycles. The van der Waals surface area contributed by atoms with Crippen LogP contribution in [0.1, 0.15) is 16.1 Å². The monoisotopic (exact) mass is 263 g/mol. The zero-order valence-electron chi connectivity index (χ0n) is 11.0. The first kappa shape index (κ1) is 12.3. The topological polar surface area (TPSA) is 68.9 Å². The summed E-state index contributed by atoms with van der Waals surface area (Å²) in [4.78, 5) is 19.9. The van der Waals surface area contributed by atoms with Gasteiger partial charge in [-0.2, -0.15) is 0 Å². The third kappa shape index (κ3) is 2.12. The van der Waals surface area contributed by atoms with E-state index in [0.717, 1.165) is 27.6 Å². The van der Waals surface area contributed by atoms with Crippen molar-refractivity contribution in [1.29, 1.82) is 0 Å². The number of hydrogen-bond acceptors (Lipinski definition) is 3. The summed E-state index contributed by atoms with van der Waals surface area (Å²) in [6.07, 6.45) is 5.35. The summed E-state index contributed by atoms with van der Waals surface area (Å²) in [5, 5.41) is 1.91. The Morgan fingerprint density at radius 3 is 2.65 bits per heavy atom. The fraction of sp³-hybridized carbons (Fsp3) is 0.0625. The minimum Gasteiger partial charge on any atom is -0.366 e. The van der Waals surface area contributed by atoms with Crippen LogP contribution < -0.4 is 5.73 Å². The highest BCUT2D eigenvalue weighted by Gasteiger charge is 2.08. The van der Waals surface area contributed by atoms with Crippen molar-refractivity contribution in [1.82, 2.24) is 9.97 Å². The number of nitrogens with zero attached hydrogens (tertiary/aromatic N) is 2. The number of carbonyl (C=O) groups excluding carboxylic acids is 1. The summed E-state index contributed by atoms with van der Waals surface area (Å²) in [7, 11) is 0. The molecular weight excluding hydrogens is 250 g/mol. The average Bonchev–Trinajstić information content (AvgIpc) is 2.47. The number of nitrogens with two attached hydrogens (primary N) is 1. The van der Waals surface area contributed by atoms with Crippen LogP contribution in [0.15, 0.2) is 48.9 Å². The Labute approximate surface area is 116 Å². The van der Waals surface area contributed by atoms with Gasteiger partial charge in [-0.3, -0.25) is 14.8 Å². The van der Waals surface area contributed by atoms with Crippen molar-refractivity contribution in [2.75, 3.05) is 0 Å². The number of hydrogen-bond donors (Lipinski definition) is 1. The van der Waals surface area contributed by atoms with Gasteiger partial charge in [-0.1, -0.05) is 12.1 Å². The van der Waals surface area contributed by atoms with Crippen molar-refractivity contribution >= 4 is 16.7 Å². The molecule has 4 nitrogen and oxygen atoms in total. The van der Waals surface area contributed by atoms with Gasteiger partial charge in [-0.25, -0.2) is 0 Å². The molecule has 98 valence electrons. The molecule has 0 atom stereocenters. The van der Waals surface area contributed by atoms with Crippen LogP contribution in [0.25, 0.3) is 21.9 Å². The van der Waals surface area contributed by atoms with Crippen molar-refractivity contribution < 1.29 is 4.79 Å². The van der Waals surface area contributed by atoms with E-state index >= 15 is 0 Å². The van der Waals surface area contributed by atoms with Gasteiger partial charge in [0.05, 0.1) is 0 Å². The summed E-state index contributed by atoms with van der Waals surface area (Å²) in [5.74, 6) is -0.434. The fourth-order valence-electron chi connectivity index (χ4n) is 2.17. The predicted octanol–water partition coefficient (Wildman–Crippen LogP) is 2.70. The lowest BCUT2D eigenvalue weighted by atomic mass is 10.00. The van der Waals surface area contributed by atoms with Crippen LogP contribution in [0.4, 0.5) is 0 Å². The van der Waals surface area contributed by atoms with Gasteiger partial charge in [-0.15, -0.1) is 0 Å². The van der Waals surface area contributed by atoms with Crippen molar-refractivity contribution in [2.24, 2.45) is 5.73 Å². The molecule has 1 amide bonds. The molecule has 0 radical (unpaired) electrons. The number of aryl methyl sites for hydroxylation is 1. The van der Waals surface area contributed by atoms with Gasteiger partial charge < -0.3 is 5.73 Å². The SMILES string of the molecule is Cc1ccc(-c2cncc3ccc(C(N)=O)cc23)cn1. The number of aromatic nitrogens is 2. The minimum absolute atomic E-state index is 0.434. The summed E-state index contributed by atoms with van der Waals surface area (Å²) in [5.41, 5.74) is 8.71. The van der Waals surface area contributed by atoms with E-state index in [4.69, 9.17) is 5.73 Å². The highest BCUT2D eigenvalue weighted by Crippen LogP contribution is 2.28. The van der Waals surface area contributed by atoms with Crippen LogP contribution in [-0.2, 0) is 0 Å². The normalized spacial score (nSPS) is 10.7. The number of carbonyl (C=O) groups is 1. The molecular formula is C16H13N3O. The summed E-state index contributed by atoms with van der Waals surface area (Å²) < 4.78 is 0. The molecule has 0 saturated carbocycles. The number of pyridine rings is 2. The molecule has 2 N–H and O–H groups in total. The summed E-state index contributed by atoms with van der Waals surface area (Å²) in [6, 6.07) is 9.31. The van der Waals surface area contributed by atoms with Crippen molar-refractivity contribution in [3.05, 3.63) is 60.2 Å². The van der Waals surface area contributed by atoms with Crippen LogP contribution in [0, 0.1) is 6.92 Å². The molecule has 0 unspecified atom stereocenters. The zero-order valence-corrected chi connectivity index (χ0v) is 11.0. The van der Waals surface area contributed by atoms with E-state index < -0.39 is 5.91 Å². The predicted molar refractivity (Wildman–Crippen MR) is 78.2 cm³/mol. The first-order valence-corrected chi connectivity index (χ1v) is 6.26. The molecule has 0 fully saturated rings. The van der Waals surface area contributed by atoms with Crippen LogP contribution in [-0.4, -0.2) is 15.9 Å². The van der Waals surface area contributed by atoms with Gasteiger partial charge >= 0.3 is 0 Å². The standard InChI is InChI=1S/C16H13N3O/c1-10-2-3-13(8-19-10)15-9-18-7-12-5-4-11(16(17)20)6-14(12)15/h2-9H,1H3,(H2,17,20). The van der Waals surface area contributed by atoms with E-state index in [1.165, 1.54) is 0 Å². The third-order valence-electron chi connectivity index (χ3n) is 3.27. The second-order valence-corrected chi connectivity index (χ2v) is 4.68. The maximum absolute atomic E-state index is 11.3. The molecule has 2 aromatic heterocycles. The molecule has 0 bridgehead atoms. The van der Waals surface area contributed by atoms with Crippen LogP contribution in [0.2, 0.25) is 0 Å². The largest absolute Gasteiger partial charge is 0.366 e. The van der Waals surface area contributed by atoms with E-state index in [9.17, 15) is 4.79 Å². The molecule has 1 aromatic carbocycles. The molecule has 0 aliphatic rings. The van der Waals surface area contributed by atoms with Crippen molar-refractivity contribution in [3.8, 4) is 11.1 Å². The van der Waals surface area contributed by atoms with Crippen LogP contribution >= 0.6 is 0 Å². The Hall–Kier alpha value is -2.75. The van der Waals surface area contributed by atoms with E-state index in [1.54, 1.807) is 24.5 Å². The number of primary amides is 1. The van der Waals surface area contributed by atoms with E-state index in [1.807, 2.05) is 31.3 Å². The molecule has 3 aromatic rings. The first-order chi connectivity index (χ1) is 9.65. The second-order valence-electron chi connectivity index (χ2n) is 4.68. The maximum atomic E-state index is 11.3. The highest BCUT2D eigenvalue weighted by molar-refractivity contribution is 6.02. The molecule has 3 rings (SSSR count). The van der Waals surface area contributed by atoms with E-state index in [2.05, 4.69) is 9.97 Å². The number of amides is 1. The molecule has 4 heteroatoms. The van der Waals surface area contributed by atoms with Gasteiger partial charge in [0.2, 0.25) is 5.91 Å². The zero-order chi connectivity index (χ0) is 14.1. The van der Waals surface area contributed by atoms with Gasteiger partial charge in [0.1, 0.15) is 0 Å². The molecule has 20 heavy (non-hydrogen) atoms. The van der Waals surface area contributed by atoms with E-state index in [-0.39, 0.29) is 0 Å². The molecule has 2 heterocycles. The molecule has 0 aliphatic carbocycles. The second kappa shape index (κ2) is 4.74. The third-order valence-corrected chi connectivity index (χ3v) is 3.27. The Balaban J connectivity index is 2.26. The quantitative estimate of drug-likeness (QED) is 0.772. The molecule has 0 saturated heterocycles. The lowest BCUT2D eigenvalue weighted by molar-refractivity contribution is 0.100. The number of rotatable bonds is 2. The van der Waals surface area contributed by atoms with Gasteiger partial charge in [0.25, 0.3) is 0 Å². The number of fused-ring (bicyclic) bond motifs is 1. The van der Waals surface area contributed by atoms with Gasteiger partial charge in [0, 0.05) is 46.4 Å². The van der Waals surface area contributed by atoms with Gasteiger partial charge in [0.15, 0.2) is 0 Å². The van der Waals surface area contributed by atoms with Crippen LogP contribution in [0.5, 0.6) is 0 Å². The lowest BCUT2D eigenvalue weighted by Gasteiger charge is -2.07. The van der Waals surface area contributed by atoms with Crippen molar-refractivity contribution in [3.63, 3.8) is 0 Å². The lowest BCUT2D eigenvalue weighted by Crippen LogP contribution is -2.10. The van der Waals surface area contributed by atoms with E-state index in [0.29, 0.717) is 5.56 Å². The molecule has 0 spiro atoms. The van der Waals surface area contributed by atoms with Gasteiger partial charge in [-0.05, 0) is 30.5 Å². The highest BCUT2D eigenvalue weighted by atomic mass is 16.1. The fourth-order valence-corrected chi connectivity index (χ4v) is 2.17. The first-order valence-electron chi connectivity index (χ1n) is 6.26. The maximum Gasteiger partial charge on any atom is 0.248 e.